The van der Waals surface area contributed by atoms with Crippen molar-refractivity contribution in [1.82, 2.24) is 0 Å². The number of esters is 1. The van der Waals surface area contributed by atoms with E-state index in [1.807, 2.05) is 0 Å². The van der Waals surface area contributed by atoms with Crippen LogP contribution in [0.5, 0.6) is 0 Å². The predicted molar refractivity (Wildman–Crippen MR) is 57.9 cm³/mol. The summed E-state index contributed by atoms with van der Waals surface area (Å²) in [7, 11) is 0. The van der Waals surface area contributed by atoms with Gasteiger partial charge in [-0.15, -0.1) is 0 Å². The van der Waals surface area contributed by atoms with E-state index in [9.17, 15) is 18.0 Å². The number of hydrogen-bond acceptors (Lipinski definition) is 3. The molecule has 0 rings (SSSR count). The number of hydrogen-bond donors (Lipinski definition) is 1. The number of unbranched alkanes of at least 4 members (excludes halogenated alkanes) is 1. The summed E-state index contributed by atoms with van der Waals surface area (Å²) in [5.74, 6) is -0.945. The standard InChI is InChI=1S/C11H16F3NO2/c1-3-5-6-8(11(12,13)14)7-9(15)10(16)17-4-2/h6-7H,3-5,15H2,1-2H3/b8-6+,9-7-. The van der Waals surface area contributed by atoms with Crippen molar-refractivity contribution >= 4 is 5.97 Å². The van der Waals surface area contributed by atoms with Gasteiger partial charge in [-0.05, 0) is 19.4 Å². The third-order valence-electron chi connectivity index (χ3n) is 1.80. The van der Waals surface area contributed by atoms with E-state index >= 15 is 0 Å². The van der Waals surface area contributed by atoms with Gasteiger partial charge < -0.3 is 10.5 Å². The molecule has 0 fully saturated rings. The van der Waals surface area contributed by atoms with Crippen LogP contribution in [-0.2, 0) is 9.53 Å². The lowest BCUT2D eigenvalue weighted by Crippen LogP contribution is -2.18. The maximum Gasteiger partial charge on any atom is 0.416 e. The summed E-state index contributed by atoms with van der Waals surface area (Å²) in [5.41, 5.74) is 3.74. The lowest BCUT2D eigenvalue weighted by Gasteiger charge is -2.09. The zero-order valence-electron chi connectivity index (χ0n) is 9.80. The van der Waals surface area contributed by atoms with Gasteiger partial charge in [0.15, 0.2) is 0 Å². The monoisotopic (exact) mass is 251 g/mol. The number of ether oxygens (including phenoxy) is 1. The fourth-order valence-electron chi connectivity index (χ4n) is 0.997. The fraction of sp³-hybridized carbons (Fsp3) is 0.545. The first-order valence-electron chi connectivity index (χ1n) is 5.24. The molecule has 98 valence electrons. The van der Waals surface area contributed by atoms with Crippen LogP contribution >= 0.6 is 0 Å². The van der Waals surface area contributed by atoms with Crippen molar-refractivity contribution in [1.29, 1.82) is 0 Å². The normalized spacial score (nSPS) is 13.7. The third-order valence-corrected chi connectivity index (χ3v) is 1.80. The highest BCUT2D eigenvalue weighted by Gasteiger charge is 2.32. The molecule has 0 spiro atoms. The number of carbonyl (C=O) groups is 1. The van der Waals surface area contributed by atoms with Gasteiger partial charge in [-0.2, -0.15) is 13.2 Å². The van der Waals surface area contributed by atoms with Crippen molar-refractivity contribution in [3.05, 3.63) is 23.4 Å². The van der Waals surface area contributed by atoms with Crippen LogP contribution in [0.3, 0.4) is 0 Å². The largest absolute Gasteiger partial charge is 0.461 e. The predicted octanol–water partition coefficient (Wildman–Crippen LogP) is 2.68. The summed E-state index contributed by atoms with van der Waals surface area (Å²) in [6.45, 7) is 3.36. The van der Waals surface area contributed by atoms with Crippen LogP contribution in [0, 0.1) is 0 Å². The number of halogens is 3. The van der Waals surface area contributed by atoms with E-state index in [1.165, 1.54) is 0 Å². The molecule has 0 aliphatic carbocycles. The zero-order chi connectivity index (χ0) is 13.5. The summed E-state index contributed by atoms with van der Waals surface area (Å²) in [6.07, 6.45) is -2.07. The van der Waals surface area contributed by atoms with Crippen molar-refractivity contribution in [2.75, 3.05) is 6.61 Å². The van der Waals surface area contributed by atoms with E-state index in [1.54, 1.807) is 13.8 Å². The van der Waals surface area contributed by atoms with E-state index in [0.29, 0.717) is 12.5 Å². The average molecular weight is 251 g/mol. The molecule has 6 heteroatoms. The number of alkyl halides is 3. The maximum atomic E-state index is 12.5. The maximum absolute atomic E-state index is 12.5. The van der Waals surface area contributed by atoms with Gasteiger partial charge in [0.05, 0.1) is 12.2 Å². The molecule has 0 atom stereocenters. The highest BCUT2D eigenvalue weighted by molar-refractivity contribution is 5.88. The summed E-state index contributed by atoms with van der Waals surface area (Å²) in [5, 5.41) is 0. The first kappa shape index (κ1) is 15.5. The Morgan fingerprint density at radius 1 is 1.35 bits per heavy atom. The quantitative estimate of drug-likeness (QED) is 0.464. The molecule has 0 unspecified atom stereocenters. The Balaban J connectivity index is 4.97. The van der Waals surface area contributed by atoms with E-state index in [4.69, 9.17) is 5.73 Å². The van der Waals surface area contributed by atoms with E-state index < -0.39 is 23.4 Å². The summed E-state index contributed by atoms with van der Waals surface area (Å²) < 4.78 is 42.1. The van der Waals surface area contributed by atoms with Crippen molar-refractivity contribution < 1.29 is 22.7 Å². The minimum Gasteiger partial charge on any atom is -0.461 e. The van der Waals surface area contributed by atoms with Gasteiger partial charge in [0, 0.05) is 0 Å². The summed E-state index contributed by atoms with van der Waals surface area (Å²) in [6, 6.07) is 0. The lowest BCUT2D eigenvalue weighted by molar-refractivity contribution is -0.138. The molecule has 0 aliphatic heterocycles. The topological polar surface area (TPSA) is 52.3 Å². The first-order chi connectivity index (χ1) is 7.82. The molecule has 3 nitrogen and oxygen atoms in total. The Hall–Kier alpha value is -1.46. The Bertz CT molecular complexity index is 319. The van der Waals surface area contributed by atoms with Crippen molar-refractivity contribution in [2.45, 2.75) is 32.9 Å². The van der Waals surface area contributed by atoms with E-state index in [2.05, 4.69) is 4.74 Å². The smallest absolute Gasteiger partial charge is 0.416 e. The number of nitrogens with two attached hydrogens (primary N) is 1. The Morgan fingerprint density at radius 3 is 2.35 bits per heavy atom. The molecule has 0 aromatic heterocycles. The molecule has 0 aliphatic rings. The second kappa shape index (κ2) is 6.98. The van der Waals surface area contributed by atoms with Crippen LogP contribution < -0.4 is 5.73 Å². The third kappa shape index (κ3) is 5.99. The van der Waals surface area contributed by atoms with Crippen LogP contribution in [0.2, 0.25) is 0 Å². The number of allylic oxidation sites excluding steroid dienone is 3. The van der Waals surface area contributed by atoms with Gasteiger partial charge in [-0.3, -0.25) is 0 Å². The molecular weight excluding hydrogens is 235 g/mol. The van der Waals surface area contributed by atoms with E-state index in [-0.39, 0.29) is 13.0 Å². The van der Waals surface area contributed by atoms with Crippen LogP contribution in [0.25, 0.3) is 0 Å². The molecule has 2 N–H and O–H groups in total. The van der Waals surface area contributed by atoms with Crippen LogP contribution in [0.1, 0.15) is 26.7 Å². The lowest BCUT2D eigenvalue weighted by atomic mass is 10.1. The molecule has 17 heavy (non-hydrogen) atoms. The second-order valence-electron chi connectivity index (χ2n) is 3.27. The first-order valence-corrected chi connectivity index (χ1v) is 5.24. The van der Waals surface area contributed by atoms with Gasteiger partial charge in [0.2, 0.25) is 0 Å². The highest BCUT2D eigenvalue weighted by Crippen LogP contribution is 2.27. The molecular formula is C11H16F3NO2. The SMILES string of the molecule is CCC/C=C(\C=C(/N)C(=O)OCC)C(F)(F)F. The molecule has 0 bridgehead atoms. The minimum absolute atomic E-state index is 0.0629. The average Bonchev–Trinajstić information content (AvgIpc) is 2.22. The Kier molecular flexibility index (Phi) is 6.38. The van der Waals surface area contributed by atoms with E-state index in [0.717, 1.165) is 6.08 Å². The van der Waals surface area contributed by atoms with Gasteiger partial charge in [0.1, 0.15) is 5.70 Å². The van der Waals surface area contributed by atoms with Gasteiger partial charge in [-0.25, -0.2) is 4.79 Å². The Labute approximate surface area is 98.1 Å². The molecule has 0 saturated carbocycles. The second-order valence-corrected chi connectivity index (χ2v) is 3.27. The van der Waals surface area contributed by atoms with Gasteiger partial charge in [0.25, 0.3) is 0 Å². The summed E-state index contributed by atoms with van der Waals surface area (Å²) >= 11 is 0. The minimum atomic E-state index is -4.52. The Morgan fingerprint density at radius 2 is 1.94 bits per heavy atom. The van der Waals surface area contributed by atoms with Crippen molar-refractivity contribution in [3.63, 3.8) is 0 Å². The van der Waals surface area contributed by atoms with Crippen molar-refractivity contribution in [2.24, 2.45) is 5.73 Å². The zero-order valence-corrected chi connectivity index (χ0v) is 9.80. The number of rotatable bonds is 5. The van der Waals surface area contributed by atoms with Gasteiger partial charge in [-0.1, -0.05) is 19.4 Å². The highest BCUT2D eigenvalue weighted by atomic mass is 19.4. The molecule has 0 saturated heterocycles. The molecule has 0 amide bonds. The molecule has 0 radical (unpaired) electrons. The summed E-state index contributed by atoms with van der Waals surface area (Å²) in [4.78, 5) is 11.1. The molecule has 0 aromatic rings. The molecule has 0 heterocycles. The van der Waals surface area contributed by atoms with Crippen LogP contribution in [-0.4, -0.2) is 18.8 Å². The van der Waals surface area contributed by atoms with Crippen molar-refractivity contribution in [3.8, 4) is 0 Å². The van der Waals surface area contributed by atoms with Crippen LogP contribution in [0.4, 0.5) is 13.2 Å². The number of carbonyl (C=O) groups excluding carboxylic acids is 1. The van der Waals surface area contributed by atoms with Gasteiger partial charge >= 0.3 is 12.1 Å². The fourth-order valence-corrected chi connectivity index (χ4v) is 0.997. The van der Waals surface area contributed by atoms with Crippen LogP contribution in [0.15, 0.2) is 23.4 Å². The molecule has 0 aromatic carbocycles.